The van der Waals surface area contributed by atoms with Crippen LogP contribution in [0.4, 0.5) is 0 Å². The van der Waals surface area contributed by atoms with E-state index in [2.05, 4.69) is 4.74 Å². The molecule has 1 N–H and O–H groups in total. The van der Waals surface area contributed by atoms with Crippen molar-refractivity contribution < 1.29 is 28.9 Å². The van der Waals surface area contributed by atoms with Gasteiger partial charge in [-0.05, 0) is 18.2 Å². The molecule has 0 spiro atoms. The van der Waals surface area contributed by atoms with Crippen molar-refractivity contribution in [1.29, 1.82) is 0 Å². The molecule has 1 amide bonds. The Balaban J connectivity index is 2.12. The lowest BCUT2D eigenvalue weighted by Gasteiger charge is -2.31. The fourth-order valence-corrected chi connectivity index (χ4v) is 2.11. The van der Waals surface area contributed by atoms with Gasteiger partial charge in [-0.15, -0.1) is 0 Å². The topological polar surface area (TPSA) is 85.3 Å². The highest BCUT2D eigenvalue weighted by Crippen LogP contribution is 2.27. The number of ether oxygens (including phenoxy) is 3. The van der Waals surface area contributed by atoms with E-state index in [1.807, 2.05) is 0 Å². The molecule has 2 rings (SSSR count). The van der Waals surface area contributed by atoms with Crippen LogP contribution in [0.25, 0.3) is 0 Å². The number of nitrogens with zero attached hydrogens (tertiary/aromatic N) is 1. The molecule has 0 radical (unpaired) electrons. The zero-order chi connectivity index (χ0) is 15.4. The zero-order valence-corrected chi connectivity index (χ0v) is 11.9. The quantitative estimate of drug-likeness (QED) is 0.813. The summed E-state index contributed by atoms with van der Waals surface area (Å²) in [6.45, 7) is 0.755. The molecule has 1 heterocycles. The van der Waals surface area contributed by atoms with E-state index < -0.39 is 12.1 Å². The van der Waals surface area contributed by atoms with Crippen LogP contribution in [0.5, 0.6) is 11.5 Å². The van der Waals surface area contributed by atoms with E-state index in [-0.39, 0.29) is 24.8 Å². The molecule has 1 aliphatic rings. The summed E-state index contributed by atoms with van der Waals surface area (Å²) in [7, 11) is 2.70. The normalized spacial score (nSPS) is 18.2. The molecule has 1 aliphatic heterocycles. The summed E-state index contributed by atoms with van der Waals surface area (Å²) in [6.07, 6.45) is -0.778. The van der Waals surface area contributed by atoms with Gasteiger partial charge in [-0.3, -0.25) is 4.79 Å². The smallest absolute Gasteiger partial charge is 0.336 e. The van der Waals surface area contributed by atoms with E-state index >= 15 is 0 Å². The van der Waals surface area contributed by atoms with Crippen LogP contribution < -0.4 is 4.74 Å². The number of morpholine rings is 1. The highest BCUT2D eigenvalue weighted by Gasteiger charge is 2.30. The molecule has 1 saturated heterocycles. The monoisotopic (exact) mass is 295 g/mol. The predicted molar refractivity (Wildman–Crippen MR) is 72.3 cm³/mol. The van der Waals surface area contributed by atoms with Gasteiger partial charge >= 0.3 is 5.97 Å². The van der Waals surface area contributed by atoms with Gasteiger partial charge in [0.15, 0.2) is 17.6 Å². The fraction of sp³-hybridized carbons (Fsp3) is 0.429. The molecule has 1 aromatic rings. The van der Waals surface area contributed by atoms with Gasteiger partial charge in [-0.2, -0.15) is 0 Å². The number of carbonyl (C=O) groups excluding carboxylic acids is 2. The third-order valence-corrected chi connectivity index (χ3v) is 3.24. The van der Waals surface area contributed by atoms with Crippen molar-refractivity contribution in [2.45, 2.75) is 6.10 Å². The molecule has 0 bridgehead atoms. The van der Waals surface area contributed by atoms with E-state index in [4.69, 9.17) is 9.47 Å². The number of amides is 1. The minimum atomic E-state index is -0.778. The van der Waals surface area contributed by atoms with Crippen LogP contribution in [-0.2, 0) is 14.3 Å². The Morgan fingerprint density at radius 2 is 2.14 bits per heavy atom. The molecule has 1 atom stereocenters. The Morgan fingerprint density at radius 3 is 2.76 bits per heavy atom. The first-order valence-electron chi connectivity index (χ1n) is 6.42. The van der Waals surface area contributed by atoms with Gasteiger partial charge in [-0.1, -0.05) is 0 Å². The average molecular weight is 295 g/mol. The summed E-state index contributed by atoms with van der Waals surface area (Å²) in [6, 6.07) is 4.41. The Hall–Kier alpha value is -2.28. The van der Waals surface area contributed by atoms with Gasteiger partial charge in [-0.25, -0.2) is 4.79 Å². The molecule has 1 unspecified atom stereocenters. The summed E-state index contributed by atoms with van der Waals surface area (Å²) in [5.74, 6) is -0.614. The lowest BCUT2D eigenvalue weighted by Crippen LogP contribution is -2.48. The number of benzene rings is 1. The van der Waals surface area contributed by atoms with E-state index in [9.17, 15) is 14.7 Å². The van der Waals surface area contributed by atoms with Crippen molar-refractivity contribution in [2.24, 2.45) is 0 Å². The van der Waals surface area contributed by atoms with Crippen LogP contribution in [0.2, 0.25) is 0 Å². The number of methoxy groups -OCH3 is 2. The molecule has 1 aromatic carbocycles. The maximum Gasteiger partial charge on any atom is 0.336 e. The van der Waals surface area contributed by atoms with Crippen molar-refractivity contribution >= 4 is 11.9 Å². The second-order valence-electron chi connectivity index (χ2n) is 4.52. The number of hydrogen-bond acceptors (Lipinski definition) is 6. The number of aromatic hydroxyl groups is 1. The summed E-state index contributed by atoms with van der Waals surface area (Å²) < 4.78 is 14.8. The second-order valence-corrected chi connectivity index (χ2v) is 4.52. The van der Waals surface area contributed by atoms with Crippen molar-refractivity contribution in [3.8, 4) is 11.5 Å². The zero-order valence-electron chi connectivity index (χ0n) is 11.9. The number of phenolic OH excluding ortho intramolecular Hbond substituents is 1. The number of phenols is 1. The Labute approximate surface area is 122 Å². The van der Waals surface area contributed by atoms with Crippen LogP contribution >= 0.6 is 0 Å². The summed E-state index contributed by atoms with van der Waals surface area (Å²) in [4.78, 5) is 25.3. The molecule has 114 valence electrons. The Kier molecular flexibility index (Phi) is 4.64. The SMILES string of the molecule is COC(=O)C1CN(C(=O)c2ccc(OC)c(O)c2)CCO1. The van der Waals surface area contributed by atoms with Crippen molar-refractivity contribution in [2.75, 3.05) is 33.9 Å². The first kappa shape index (κ1) is 15.1. The molecule has 0 saturated carbocycles. The molecule has 0 aliphatic carbocycles. The average Bonchev–Trinajstić information content (AvgIpc) is 2.53. The van der Waals surface area contributed by atoms with E-state index in [1.165, 1.54) is 31.3 Å². The second kappa shape index (κ2) is 6.45. The van der Waals surface area contributed by atoms with Crippen LogP contribution in [0, 0.1) is 0 Å². The maximum absolute atomic E-state index is 12.4. The van der Waals surface area contributed by atoms with Crippen molar-refractivity contribution in [3.05, 3.63) is 23.8 Å². The van der Waals surface area contributed by atoms with Gasteiger partial charge < -0.3 is 24.2 Å². The van der Waals surface area contributed by atoms with E-state index in [1.54, 1.807) is 6.07 Å². The van der Waals surface area contributed by atoms with Gasteiger partial charge in [0.2, 0.25) is 0 Å². The largest absolute Gasteiger partial charge is 0.504 e. The standard InChI is InChI=1S/C14H17NO6/c1-19-11-4-3-9(7-10(11)16)13(17)15-5-6-21-12(8-15)14(18)20-2/h3-4,7,12,16H,5-6,8H2,1-2H3. The van der Waals surface area contributed by atoms with Crippen LogP contribution in [0.3, 0.4) is 0 Å². The summed E-state index contributed by atoms with van der Waals surface area (Å²) in [5, 5.41) is 9.72. The van der Waals surface area contributed by atoms with E-state index in [0.717, 1.165) is 0 Å². The highest BCUT2D eigenvalue weighted by atomic mass is 16.6. The molecule has 7 heteroatoms. The fourth-order valence-electron chi connectivity index (χ4n) is 2.11. The molecule has 7 nitrogen and oxygen atoms in total. The number of carbonyl (C=O) groups is 2. The molecular formula is C14H17NO6. The minimum Gasteiger partial charge on any atom is -0.504 e. The first-order chi connectivity index (χ1) is 10.1. The third-order valence-electron chi connectivity index (χ3n) is 3.24. The van der Waals surface area contributed by atoms with Crippen LogP contribution in [0.15, 0.2) is 18.2 Å². The van der Waals surface area contributed by atoms with Gasteiger partial charge in [0, 0.05) is 12.1 Å². The highest BCUT2D eigenvalue weighted by molar-refractivity contribution is 5.95. The van der Waals surface area contributed by atoms with Crippen LogP contribution in [0.1, 0.15) is 10.4 Å². The maximum atomic E-state index is 12.4. The Morgan fingerprint density at radius 1 is 1.38 bits per heavy atom. The van der Waals surface area contributed by atoms with Crippen molar-refractivity contribution in [1.82, 2.24) is 4.90 Å². The van der Waals surface area contributed by atoms with Crippen LogP contribution in [-0.4, -0.2) is 61.9 Å². The molecular weight excluding hydrogens is 278 g/mol. The summed E-state index contributed by atoms with van der Waals surface area (Å²) >= 11 is 0. The molecule has 0 aromatic heterocycles. The minimum absolute atomic E-state index is 0.110. The van der Waals surface area contributed by atoms with Crippen molar-refractivity contribution in [3.63, 3.8) is 0 Å². The van der Waals surface area contributed by atoms with Gasteiger partial charge in [0.25, 0.3) is 5.91 Å². The number of esters is 1. The van der Waals surface area contributed by atoms with Gasteiger partial charge in [0.1, 0.15) is 0 Å². The lowest BCUT2D eigenvalue weighted by molar-refractivity contribution is -0.158. The van der Waals surface area contributed by atoms with E-state index in [0.29, 0.717) is 17.9 Å². The van der Waals surface area contributed by atoms with Gasteiger partial charge in [0.05, 0.1) is 27.4 Å². The molecule has 21 heavy (non-hydrogen) atoms. The first-order valence-corrected chi connectivity index (χ1v) is 6.42. The number of rotatable bonds is 3. The third kappa shape index (κ3) is 3.25. The number of hydrogen-bond donors (Lipinski definition) is 1. The summed E-state index contributed by atoms with van der Waals surface area (Å²) in [5.41, 5.74) is 0.318. The lowest BCUT2D eigenvalue weighted by atomic mass is 10.1. The molecule has 1 fully saturated rings. The Bertz CT molecular complexity index is 544. The predicted octanol–water partition coefficient (Wildman–Crippen LogP) is 0.415.